The van der Waals surface area contributed by atoms with Gasteiger partial charge in [-0.05, 0) is 67.6 Å². The molecule has 4 rings (SSSR count). The van der Waals surface area contributed by atoms with E-state index in [-0.39, 0.29) is 16.6 Å². The molecule has 1 aliphatic carbocycles. The highest BCUT2D eigenvalue weighted by molar-refractivity contribution is 7.89. The zero-order chi connectivity index (χ0) is 22.2. The van der Waals surface area contributed by atoms with Gasteiger partial charge in [0.25, 0.3) is 0 Å². The fourth-order valence-electron chi connectivity index (χ4n) is 4.18. The highest BCUT2D eigenvalue weighted by atomic mass is 35.5. The minimum absolute atomic E-state index is 0.0686. The lowest BCUT2D eigenvalue weighted by Crippen LogP contribution is -2.53. The normalized spacial score (nSPS) is 18.5. The molecule has 2 aromatic rings. The van der Waals surface area contributed by atoms with Gasteiger partial charge in [-0.3, -0.25) is 9.69 Å². The van der Waals surface area contributed by atoms with Gasteiger partial charge in [0.15, 0.2) is 0 Å². The molecule has 1 unspecified atom stereocenters. The number of hydrogen-bond acceptors (Lipinski definition) is 4. The van der Waals surface area contributed by atoms with Gasteiger partial charge >= 0.3 is 0 Å². The molecule has 6 nitrogen and oxygen atoms in total. The average molecular weight is 466 g/mol. The molecule has 1 N–H and O–H groups in total. The van der Waals surface area contributed by atoms with Crippen LogP contribution in [0.25, 0.3) is 0 Å². The summed E-state index contributed by atoms with van der Waals surface area (Å²) in [5.41, 5.74) is 2.43. The Labute approximate surface area is 187 Å². The average Bonchev–Trinajstić information content (AvgIpc) is 3.23. The summed E-state index contributed by atoms with van der Waals surface area (Å²) >= 11 is 5.75. The highest BCUT2D eigenvalue weighted by Gasteiger charge is 2.32. The fourth-order valence-corrected chi connectivity index (χ4v) is 5.81. The molecule has 1 atom stereocenters. The Morgan fingerprint density at radius 2 is 1.77 bits per heavy atom. The van der Waals surface area contributed by atoms with Crippen molar-refractivity contribution in [1.82, 2.24) is 9.21 Å². The second-order valence-corrected chi connectivity index (χ2v) is 10.4. The molecule has 0 bridgehead atoms. The standard InChI is InChI=1S/C22H25ClFN3O3S/c1-15(22(28)25-21-8-6-18(23)14-20(21)24)26-9-11-27(12-10-26)31(29,30)19-7-5-16-3-2-4-17(16)13-19/h5-8,13-15H,2-4,9-12H2,1H3,(H,25,28). The van der Waals surface area contributed by atoms with Crippen LogP contribution in [-0.4, -0.2) is 55.8 Å². The molecule has 1 aliphatic heterocycles. The first-order valence-electron chi connectivity index (χ1n) is 10.4. The quantitative estimate of drug-likeness (QED) is 0.735. The molecule has 1 saturated heterocycles. The molecule has 1 fully saturated rings. The maximum atomic E-state index is 14.0. The Morgan fingerprint density at radius 1 is 1.06 bits per heavy atom. The summed E-state index contributed by atoms with van der Waals surface area (Å²) in [6.45, 7) is 3.16. The first-order chi connectivity index (χ1) is 14.8. The smallest absolute Gasteiger partial charge is 0.243 e. The summed E-state index contributed by atoms with van der Waals surface area (Å²) in [6.07, 6.45) is 3.00. The van der Waals surface area contributed by atoms with E-state index in [2.05, 4.69) is 5.32 Å². The summed E-state index contributed by atoms with van der Waals surface area (Å²) in [4.78, 5) is 14.8. The van der Waals surface area contributed by atoms with Crippen LogP contribution >= 0.6 is 11.6 Å². The number of rotatable bonds is 5. The number of anilines is 1. The summed E-state index contributed by atoms with van der Waals surface area (Å²) in [6, 6.07) is 8.97. The number of amides is 1. The van der Waals surface area contributed by atoms with Gasteiger partial charge in [0.05, 0.1) is 16.6 Å². The van der Waals surface area contributed by atoms with E-state index in [0.29, 0.717) is 31.1 Å². The van der Waals surface area contributed by atoms with E-state index in [1.54, 1.807) is 19.1 Å². The van der Waals surface area contributed by atoms with Crippen LogP contribution in [0.4, 0.5) is 10.1 Å². The number of aryl methyl sites for hydroxylation is 2. The fraction of sp³-hybridized carbons (Fsp3) is 0.409. The van der Waals surface area contributed by atoms with Crippen LogP contribution in [0.5, 0.6) is 0 Å². The molecule has 2 aromatic carbocycles. The molecule has 0 spiro atoms. The number of piperazine rings is 1. The Hall–Kier alpha value is -2.00. The van der Waals surface area contributed by atoms with Gasteiger partial charge in [0.2, 0.25) is 15.9 Å². The molecular weight excluding hydrogens is 441 g/mol. The van der Waals surface area contributed by atoms with Crippen molar-refractivity contribution in [2.24, 2.45) is 0 Å². The van der Waals surface area contributed by atoms with Crippen LogP contribution < -0.4 is 5.32 Å². The summed E-state index contributed by atoms with van der Waals surface area (Å²) < 4.78 is 41.6. The lowest BCUT2D eigenvalue weighted by Gasteiger charge is -2.36. The third-order valence-corrected chi connectivity index (χ3v) is 8.23. The van der Waals surface area contributed by atoms with Crippen molar-refractivity contribution >= 4 is 33.2 Å². The van der Waals surface area contributed by atoms with Gasteiger partial charge in [-0.1, -0.05) is 17.7 Å². The minimum Gasteiger partial charge on any atom is -0.322 e. The molecule has 31 heavy (non-hydrogen) atoms. The third kappa shape index (κ3) is 4.62. The lowest BCUT2D eigenvalue weighted by molar-refractivity contribution is -0.121. The third-order valence-electron chi connectivity index (χ3n) is 6.10. The summed E-state index contributed by atoms with van der Waals surface area (Å²) in [5.74, 6) is -0.950. The van der Waals surface area contributed by atoms with Crippen molar-refractivity contribution in [2.75, 3.05) is 31.5 Å². The van der Waals surface area contributed by atoms with Gasteiger partial charge < -0.3 is 5.32 Å². The molecule has 2 aliphatic rings. The van der Waals surface area contributed by atoms with Gasteiger partial charge in [0.1, 0.15) is 5.82 Å². The molecule has 1 heterocycles. The van der Waals surface area contributed by atoms with Crippen molar-refractivity contribution < 1.29 is 17.6 Å². The zero-order valence-electron chi connectivity index (χ0n) is 17.3. The van der Waals surface area contributed by atoms with Crippen molar-refractivity contribution in [3.8, 4) is 0 Å². The molecular formula is C22H25ClFN3O3S. The van der Waals surface area contributed by atoms with Crippen LogP contribution in [0.3, 0.4) is 0 Å². The largest absolute Gasteiger partial charge is 0.322 e. The number of benzene rings is 2. The van der Waals surface area contributed by atoms with E-state index >= 15 is 0 Å². The molecule has 1 amide bonds. The minimum atomic E-state index is -3.57. The number of carbonyl (C=O) groups is 1. The molecule has 166 valence electrons. The monoisotopic (exact) mass is 465 g/mol. The van der Waals surface area contributed by atoms with Gasteiger partial charge in [-0.2, -0.15) is 4.31 Å². The molecule has 9 heteroatoms. The summed E-state index contributed by atoms with van der Waals surface area (Å²) in [5, 5.41) is 2.83. The number of nitrogens with zero attached hydrogens (tertiary/aromatic N) is 2. The Morgan fingerprint density at radius 3 is 2.48 bits per heavy atom. The van der Waals surface area contributed by atoms with Gasteiger partial charge in [0, 0.05) is 31.2 Å². The lowest BCUT2D eigenvalue weighted by atomic mass is 10.1. The van der Waals surface area contributed by atoms with Gasteiger partial charge in [-0.25, -0.2) is 12.8 Å². The Kier molecular flexibility index (Phi) is 6.35. The number of fused-ring (bicyclic) bond motifs is 1. The van der Waals surface area contributed by atoms with Crippen LogP contribution in [0.2, 0.25) is 5.02 Å². The van der Waals surface area contributed by atoms with E-state index in [4.69, 9.17) is 11.6 Å². The number of nitrogens with one attached hydrogen (secondary N) is 1. The van der Waals surface area contributed by atoms with Crippen molar-refractivity contribution in [1.29, 1.82) is 0 Å². The maximum Gasteiger partial charge on any atom is 0.243 e. The SMILES string of the molecule is CC(C(=O)Nc1ccc(Cl)cc1F)N1CCN(S(=O)(=O)c2ccc3c(c2)CCC3)CC1. The van der Waals surface area contributed by atoms with Crippen LogP contribution in [0.1, 0.15) is 24.5 Å². The van der Waals surface area contributed by atoms with Crippen LogP contribution in [0.15, 0.2) is 41.3 Å². The molecule has 0 aromatic heterocycles. The predicted octanol–water partition coefficient (Wildman–Crippen LogP) is 3.30. The predicted molar refractivity (Wildman–Crippen MR) is 118 cm³/mol. The number of halogens is 2. The maximum absolute atomic E-state index is 14.0. The van der Waals surface area contributed by atoms with Crippen LogP contribution in [0, 0.1) is 5.82 Å². The second kappa shape index (κ2) is 8.86. The molecule has 0 radical (unpaired) electrons. The highest BCUT2D eigenvalue weighted by Crippen LogP contribution is 2.27. The second-order valence-electron chi connectivity index (χ2n) is 8.01. The Bertz CT molecular complexity index is 1100. The van der Waals surface area contributed by atoms with Crippen molar-refractivity contribution in [3.05, 3.63) is 58.4 Å². The number of hydrogen-bond donors (Lipinski definition) is 1. The molecule has 0 saturated carbocycles. The van der Waals surface area contributed by atoms with E-state index in [1.807, 2.05) is 11.0 Å². The van der Waals surface area contributed by atoms with Crippen molar-refractivity contribution in [3.63, 3.8) is 0 Å². The van der Waals surface area contributed by atoms with E-state index in [0.717, 1.165) is 30.9 Å². The number of carbonyl (C=O) groups excluding carboxylic acids is 1. The Balaban J connectivity index is 1.38. The van der Waals surface area contributed by atoms with Gasteiger partial charge in [-0.15, -0.1) is 0 Å². The van der Waals surface area contributed by atoms with E-state index in [1.165, 1.54) is 22.0 Å². The van der Waals surface area contributed by atoms with E-state index in [9.17, 15) is 17.6 Å². The van der Waals surface area contributed by atoms with Crippen LogP contribution in [-0.2, 0) is 27.7 Å². The van der Waals surface area contributed by atoms with Crippen molar-refractivity contribution in [2.45, 2.75) is 37.1 Å². The first kappa shape index (κ1) is 22.2. The topological polar surface area (TPSA) is 69.7 Å². The zero-order valence-corrected chi connectivity index (χ0v) is 18.8. The van der Waals surface area contributed by atoms with E-state index < -0.39 is 21.9 Å². The number of sulfonamides is 1. The summed E-state index contributed by atoms with van der Waals surface area (Å²) in [7, 11) is -3.57. The first-order valence-corrected chi connectivity index (χ1v) is 12.2.